The van der Waals surface area contributed by atoms with Crippen molar-refractivity contribution in [2.24, 2.45) is 0 Å². The van der Waals surface area contributed by atoms with Crippen molar-refractivity contribution in [3.63, 3.8) is 0 Å². The fraction of sp³-hybridized carbons (Fsp3) is 0.167. The first-order valence-electron chi connectivity index (χ1n) is 9.77. The lowest BCUT2D eigenvalue weighted by atomic mass is 10.1. The van der Waals surface area contributed by atoms with Crippen LogP contribution in [0.4, 0.5) is 5.69 Å². The van der Waals surface area contributed by atoms with Crippen molar-refractivity contribution in [2.75, 3.05) is 18.5 Å². The summed E-state index contributed by atoms with van der Waals surface area (Å²) in [5, 5.41) is 0. The molecular formula is C24H23NO6S. The molecule has 0 aliphatic heterocycles. The average molecular weight is 454 g/mol. The lowest BCUT2D eigenvalue weighted by Crippen LogP contribution is -2.27. The Labute approximate surface area is 187 Å². The molecule has 0 aliphatic rings. The fourth-order valence-electron chi connectivity index (χ4n) is 2.99. The smallest absolute Gasteiger partial charge is 0.338 e. The number of nitrogens with zero attached hydrogens (tertiary/aromatic N) is 1. The first-order chi connectivity index (χ1) is 15.2. The summed E-state index contributed by atoms with van der Waals surface area (Å²) >= 11 is 0. The van der Waals surface area contributed by atoms with Gasteiger partial charge in [0.2, 0.25) is 5.78 Å². The molecule has 3 rings (SSSR count). The predicted octanol–water partition coefficient (Wildman–Crippen LogP) is 3.95. The van der Waals surface area contributed by atoms with E-state index in [1.807, 2.05) is 0 Å². The number of hydrogen-bond acceptors (Lipinski definition) is 6. The lowest BCUT2D eigenvalue weighted by Gasteiger charge is -2.20. The van der Waals surface area contributed by atoms with Gasteiger partial charge in [-0.05, 0) is 61.5 Å². The highest BCUT2D eigenvalue weighted by atomic mass is 32.2. The van der Waals surface area contributed by atoms with Crippen LogP contribution in [0.15, 0.2) is 83.8 Å². The van der Waals surface area contributed by atoms with Crippen LogP contribution in [-0.4, -0.2) is 40.4 Å². The second-order valence-corrected chi connectivity index (χ2v) is 8.95. The summed E-state index contributed by atoms with van der Waals surface area (Å²) in [5.41, 5.74) is 0.882. The molecule has 7 nitrogen and oxygen atoms in total. The van der Waals surface area contributed by atoms with Gasteiger partial charge in [0.1, 0.15) is 5.75 Å². The molecule has 0 saturated carbocycles. The minimum absolute atomic E-state index is 0.0296. The molecule has 3 aromatic rings. The Bertz CT molecular complexity index is 1210. The minimum Gasteiger partial charge on any atom is -0.497 e. The number of hydrogen-bond donors (Lipinski definition) is 0. The molecular weight excluding hydrogens is 430 g/mol. The standard InChI is InChI=1S/C24H23NO6S/c1-17(23(26)18-12-14-21(30-3)15-13-18)31-24(27)19-8-7-11-22(16-19)32(28,29)25(2)20-9-5-4-6-10-20/h4-17H,1-3H3. The van der Waals surface area contributed by atoms with Gasteiger partial charge in [0, 0.05) is 12.6 Å². The summed E-state index contributed by atoms with van der Waals surface area (Å²) in [6, 6.07) is 20.6. The quantitative estimate of drug-likeness (QED) is 0.379. The summed E-state index contributed by atoms with van der Waals surface area (Å²) < 4.78 is 37.5. The van der Waals surface area contributed by atoms with Crippen LogP contribution in [0.25, 0.3) is 0 Å². The van der Waals surface area contributed by atoms with E-state index in [0.717, 1.165) is 4.31 Å². The van der Waals surface area contributed by atoms with E-state index in [0.29, 0.717) is 17.0 Å². The van der Waals surface area contributed by atoms with E-state index in [2.05, 4.69) is 0 Å². The summed E-state index contributed by atoms with van der Waals surface area (Å²) in [5.74, 6) is -0.572. The molecule has 0 saturated heterocycles. The van der Waals surface area contributed by atoms with Gasteiger partial charge in [0.05, 0.1) is 23.3 Å². The Hall–Kier alpha value is -3.65. The van der Waals surface area contributed by atoms with Crippen LogP contribution in [0.5, 0.6) is 5.75 Å². The van der Waals surface area contributed by atoms with Crippen molar-refractivity contribution < 1.29 is 27.5 Å². The van der Waals surface area contributed by atoms with E-state index < -0.39 is 22.1 Å². The molecule has 0 aromatic heterocycles. The molecule has 0 radical (unpaired) electrons. The number of anilines is 1. The van der Waals surface area contributed by atoms with Crippen molar-refractivity contribution in [2.45, 2.75) is 17.9 Å². The van der Waals surface area contributed by atoms with Crippen LogP contribution in [0, 0.1) is 0 Å². The van der Waals surface area contributed by atoms with E-state index in [4.69, 9.17) is 9.47 Å². The predicted molar refractivity (Wildman–Crippen MR) is 121 cm³/mol. The van der Waals surface area contributed by atoms with Gasteiger partial charge >= 0.3 is 5.97 Å². The largest absolute Gasteiger partial charge is 0.497 e. The molecule has 1 atom stereocenters. The molecule has 166 valence electrons. The van der Waals surface area contributed by atoms with Crippen LogP contribution in [0.2, 0.25) is 0 Å². The number of methoxy groups -OCH3 is 1. The van der Waals surface area contributed by atoms with Crippen molar-refractivity contribution in [3.8, 4) is 5.75 Å². The lowest BCUT2D eigenvalue weighted by molar-refractivity contribution is 0.0318. The van der Waals surface area contributed by atoms with Gasteiger partial charge < -0.3 is 9.47 Å². The molecule has 0 bridgehead atoms. The normalized spacial score (nSPS) is 12.0. The zero-order chi connectivity index (χ0) is 23.3. The van der Waals surface area contributed by atoms with E-state index in [1.54, 1.807) is 54.6 Å². The molecule has 1 unspecified atom stereocenters. The van der Waals surface area contributed by atoms with Gasteiger partial charge in [-0.2, -0.15) is 0 Å². The Morgan fingerprint density at radius 3 is 2.16 bits per heavy atom. The second-order valence-electron chi connectivity index (χ2n) is 6.98. The van der Waals surface area contributed by atoms with E-state index in [9.17, 15) is 18.0 Å². The van der Waals surface area contributed by atoms with Crippen molar-refractivity contribution in [1.82, 2.24) is 0 Å². The van der Waals surface area contributed by atoms with Crippen LogP contribution < -0.4 is 9.04 Å². The van der Waals surface area contributed by atoms with Crippen LogP contribution >= 0.6 is 0 Å². The first-order valence-corrected chi connectivity index (χ1v) is 11.2. The van der Waals surface area contributed by atoms with Gasteiger partial charge in [0.15, 0.2) is 6.10 Å². The first kappa shape index (κ1) is 23.0. The van der Waals surface area contributed by atoms with E-state index in [1.165, 1.54) is 45.3 Å². The SMILES string of the molecule is COc1ccc(C(=O)C(C)OC(=O)c2cccc(S(=O)(=O)N(C)c3ccccc3)c2)cc1. The summed E-state index contributed by atoms with van der Waals surface area (Å²) in [7, 11) is -0.939. The summed E-state index contributed by atoms with van der Waals surface area (Å²) in [6.07, 6.45) is -1.05. The maximum Gasteiger partial charge on any atom is 0.338 e. The monoisotopic (exact) mass is 453 g/mol. The number of carbonyl (C=O) groups excluding carboxylic acids is 2. The van der Waals surface area contributed by atoms with Crippen molar-refractivity contribution >= 4 is 27.5 Å². The third-order valence-electron chi connectivity index (χ3n) is 4.88. The Morgan fingerprint density at radius 2 is 1.53 bits per heavy atom. The van der Waals surface area contributed by atoms with Gasteiger partial charge in [-0.1, -0.05) is 24.3 Å². The molecule has 0 aliphatic carbocycles. The molecule has 8 heteroatoms. The second kappa shape index (κ2) is 9.65. The number of ether oxygens (including phenoxy) is 2. The average Bonchev–Trinajstić information content (AvgIpc) is 2.83. The number of esters is 1. The summed E-state index contributed by atoms with van der Waals surface area (Å²) in [4.78, 5) is 25.1. The number of benzene rings is 3. The van der Waals surface area contributed by atoms with Crippen LogP contribution in [0.1, 0.15) is 27.6 Å². The minimum atomic E-state index is -3.90. The zero-order valence-corrected chi connectivity index (χ0v) is 18.7. The van der Waals surface area contributed by atoms with Gasteiger partial charge in [0.25, 0.3) is 10.0 Å². The Kier molecular flexibility index (Phi) is 6.95. The number of sulfonamides is 1. The molecule has 0 amide bonds. The molecule has 0 spiro atoms. The van der Waals surface area contributed by atoms with Crippen LogP contribution in [0.3, 0.4) is 0 Å². The number of rotatable bonds is 8. The molecule has 0 fully saturated rings. The Balaban J connectivity index is 1.76. The maximum absolute atomic E-state index is 13.0. The number of carbonyl (C=O) groups is 2. The van der Waals surface area contributed by atoms with Crippen molar-refractivity contribution in [1.29, 1.82) is 0 Å². The molecule has 32 heavy (non-hydrogen) atoms. The highest BCUT2D eigenvalue weighted by Gasteiger charge is 2.24. The highest BCUT2D eigenvalue weighted by molar-refractivity contribution is 7.92. The molecule has 0 heterocycles. The maximum atomic E-state index is 13.0. The third-order valence-corrected chi connectivity index (χ3v) is 6.66. The number of ketones is 1. The topological polar surface area (TPSA) is 90.0 Å². The fourth-order valence-corrected chi connectivity index (χ4v) is 4.23. The van der Waals surface area contributed by atoms with Gasteiger partial charge in [-0.3, -0.25) is 9.10 Å². The Morgan fingerprint density at radius 1 is 0.875 bits per heavy atom. The van der Waals surface area contributed by atoms with E-state index >= 15 is 0 Å². The highest BCUT2D eigenvalue weighted by Crippen LogP contribution is 2.23. The van der Waals surface area contributed by atoms with Crippen molar-refractivity contribution in [3.05, 3.63) is 90.0 Å². The third kappa shape index (κ3) is 4.97. The number of Topliss-reactive ketones (excluding diaryl/α,β-unsaturated/α-hetero) is 1. The summed E-state index contributed by atoms with van der Waals surface area (Å²) in [6.45, 7) is 1.47. The number of para-hydroxylation sites is 1. The van der Waals surface area contributed by atoms with Gasteiger partial charge in [-0.25, -0.2) is 13.2 Å². The zero-order valence-electron chi connectivity index (χ0n) is 17.9. The molecule has 0 N–H and O–H groups in total. The molecule has 3 aromatic carbocycles. The van der Waals surface area contributed by atoms with Crippen LogP contribution in [-0.2, 0) is 14.8 Å². The van der Waals surface area contributed by atoms with Gasteiger partial charge in [-0.15, -0.1) is 0 Å². The van der Waals surface area contributed by atoms with E-state index in [-0.39, 0.29) is 16.2 Å².